The number of hydrogen-bond donors (Lipinski definition) is 0. The predicted octanol–water partition coefficient (Wildman–Crippen LogP) is 5.93. The third-order valence-corrected chi connectivity index (χ3v) is 13.4. The van der Waals surface area contributed by atoms with E-state index in [-0.39, 0.29) is 48.9 Å². The van der Waals surface area contributed by atoms with Crippen LogP contribution in [0.25, 0.3) is 0 Å². The van der Waals surface area contributed by atoms with Crippen molar-refractivity contribution in [3.8, 4) is 0 Å². The molecule has 0 N–H and O–H groups in total. The summed E-state index contributed by atoms with van der Waals surface area (Å²) in [5.41, 5.74) is 1.03. The van der Waals surface area contributed by atoms with Crippen molar-refractivity contribution in [3.05, 3.63) is 35.9 Å². The largest absolute Gasteiger partial charge is 0.353 e. The van der Waals surface area contributed by atoms with Crippen LogP contribution < -0.4 is 0 Å². The van der Waals surface area contributed by atoms with Gasteiger partial charge in [0.25, 0.3) is 11.8 Å². The van der Waals surface area contributed by atoms with Gasteiger partial charge in [0.1, 0.15) is 12.2 Å². The molecule has 3 amide bonds. The molecule has 1 aliphatic carbocycles. The number of hydrogen-bond acceptors (Lipinski definition) is 9. The van der Waals surface area contributed by atoms with Gasteiger partial charge < -0.3 is 28.7 Å². The fraction of sp³-hybridized carbons (Fsp3) is 0.780. The molecule has 1 aromatic rings. The van der Waals surface area contributed by atoms with Crippen LogP contribution in [0.15, 0.2) is 30.3 Å². The van der Waals surface area contributed by atoms with E-state index in [0.717, 1.165) is 84.0 Å². The van der Waals surface area contributed by atoms with Gasteiger partial charge in [-0.2, -0.15) is 5.06 Å². The normalized spacial score (nSPS) is 30.4. The van der Waals surface area contributed by atoms with Crippen LogP contribution in [0.4, 0.5) is 0 Å². The lowest BCUT2D eigenvalue weighted by molar-refractivity contribution is -0.276. The molecule has 4 saturated heterocycles. The molecular weight excluding hydrogens is 707 g/mol. The number of unbranched alkanes of at least 4 members (excludes halogenated alkanes) is 1. The van der Waals surface area contributed by atoms with Crippen LogP contribution in [0.1, 0.15) is 97.5 Å². The summed E-state index contributed by atoms with van der Waals surface area (Å²) in [6.45, 7) is 13.8. The summed E-state index contributed by atoms with van der Waals surface area (Å²) in [6.07, 6.45) is 7.82. The van der Waals surface area contributed by atoms with Crippen LogP contribution in [0, 0.1) is 17.3 Å². The Bertz CT molecular complexity index is 1470. The lowest BCUT2D eigenvalue weighted by atomic mass is 9.85. The number of carbonyl (C=O) groups excluding carboxylic acids is 3. The van der Waals surface area contributed by atoms with E-state index in [1.165, 1.54) is 17.3 Å². The highest BCUT2D eigenvalue weighted by molar-refractivity contribution is 7.59. The Hall–Kier alpha value is -2.34. The Morgan fingerprint density at radius 1 is 1.02 bits per heavy atom. The Morgan fingerprint density at radius 2 is 1.81 bits per heavy atom. The molecule has 302 valence electrons. The Kier molecular flexibility index (Phi) is 14.0. The fourth-order valence-electron chi connectivity index (χ4n) is 8.86. The molecule has 2 unspecified atom stereocenters. The number of nitrogens with zero attached hydrogens (tertiary/aromatic N) is 4. The Labute approximate surface area is 322 Å². The van der Waals surface area contributed by atoms with Gasteiger partial charge in [-0.3, -0.25) is 23.8 Å². The monoisotopic (exact) mass is 772 g/mol. The van der Waals surface area contributed by atoms with Crippen molar-refractivity contribution in [1.82, 2.24) is 19.8 Å². The molecule has 13 heteroatoms. The quantitative estimate of drug-likeness (QED) is 0.140. The maximum atomic E-state index is 14.6. The average Bonchev–Trinajstić information content (AvgIpc) is 3.70. The fourth-order valence-corrected chi connectivity index (χ4v) is 10.1. The third kappa shape index (κ3) is 10.9. The van der Waals surface area contributed by atoms with Crippen molar-refractivity contribution >= 4 is 25.1 Å². The number of likely N-dealkylation sites (tertiary alicyclic amines) is 1. The maximum absolute atomic E-state index is 14.6. The first-order valence-corrected chi connectivity index (χ1v) is 22.9. The molecule has 0 bridgehead atoms. The molecule has 4 heterocycles. The third-order valence-electron chi connectivity index (χ3n) is 11.7. The zero-order valence-electron chi connectivity index (χ0n) is 33.4. The van der Waals surface area contributed by atoms with Crippen molar-refractivity contribution in [3.63, 3.8) is 0 Å². The first-order chi connectivity index (χ1) is 25.8. The van der Waals surface area contributed by atoms with Crippen LogP contribution in [-0.2, 0) is 44.2 Å². The summed E-state index contributed by atoms with van der Waals surface area (Å²) in [6, 6.07) is 9.64. The second-order valence-corrected chi connectivity index (χ2v) is 20.1. The van der Waals surface area contributed by atoms with Gasteiger partial charge in [0.2, 0.25) is 13.3 Å². The van der Waals surface area contributed by atoms with E-state index < -0.39 is 31.6 Å². The van der Waals surface area contributed by atoms with E-state index in [9.17, 15) is 18.9 Å². The Morgan fingerprint density at radius 3 is 2.54 bits per heavy atom. The maximum Gasteiger partial charge on any atom is 0.257 e. The number of ether oxygens (including phenoxy) is 2. The van der Waals surface area contributed by atoms with E-state index in [1.54, 1.807) is 11.8 Å². The van der Waals surface area contributed by atoms with Gasteiger partial charge in [-0.25, -0.2) is 0 Å². The molecule has 54 heavy (non-hydrogen) atoms. The van der Waals surface area contributed by atoms with Gasteiger partial charge >= 0.3 is 0 Å². The summed E-state index contributed by atoms with van der Waals surface area (Å²) in [5, 5.41) is 1.31. The Balaban J connectivity index is 1.15. The number of rotatable bonds is 17. The van der Waals surface area contributed by atoms with Crippen LogP contribution in [0.5, 0.6) is 0 Å². The highest BCUT2D eigenvalue weighted by atomic mass is 31.2. The highest BCUT2D eigenvalue weighted by Gasteiger charge is 2.56. The predicted molar refractivity (Wildman–Crippen MR) is 207 cm³/mol. The minimum Gasteiger partial charge on any atom is -0.353 e. The summed E-state index contributed by atoms with van der Waals surface area (Å²) >= 11 is 0. The number of fused-ring (bicyclic) bond motifs is 1. The SMILES string of the molecule is CCOP(C)(=O)CC(=O)N1O[C@H](C[C@H]2C[C@@H]2CCc2ccccc2)C(=O)N2[C@@H](CC(C)(C)C)C(=O)N([C@@H]3CCN(CCCCOC4CCCCO4)C3)C[C@@H]12. The minimum absolute atomic E-state index is 0.0451. The molecule has 0 aromatic heterocycles. The summed E-state index contributed by atoms with van der Waals surface area (Å²) in [5.74, 6) is 0.0173. The molecule has 0 spiro atoms. The molecule has 12 nitrogen and oxygen atoms in total. The van der Waals surface area contributed by atoms with Crippen molar-refractivity contribution in [1.29, 1.82) is 0 Å². The zero-order valence-corrected chi connectivity index (χ0v) is 34.3. The van der Waals surface area contributed by atoms with Crippen LogP contribution >= 0.6 is 7.37 Å². The van der Waals surface area contributed by atoms with E-state index in [0.29, 0.717) is 31.3 Å². The molecule has 5 fully saturated rings. The molecule has 5 aliphatic rings. The second-order valence-electron chi connectivity index (χ2n) is 17.5. The van der Waals surface area contributed by atoms with Gasteiger partial charge in [-0.15, -0.1) is 0 Å². The zero-order chi connectivity index (χ0) is 38.5. The van der Waals surface area contributed by atoms with E-state index >= 15 is 0 Å². The van der Waals surface area contributed by atoms with Gasteiger partial charge in [-0.1, -0.05) is 51.1 Å². The average molecular weight is 773 g/mol. The molecule has 4 aliphatic heterocycles. The number of hydroxylamine groups is 2. The van der Waals surface area contributed by atoms with Crippen LogP contribution in [0.2, 0.25) is 0 Å². The lowest BCUT2D eigenvalue weighted by Crippen LogP contribution is -2.75. The smallest absolute Gasteiger partial charge is 0.257 e. The van der Waals surface area contributed by atoms with Gasteiger partial charge in [0, 0.05) is 39.0 Å². The number of piperazine rings is 1. The van der Waals surface area contributed by atoms with Crippen molar-refractivity contribution in [2.24, 2.45) is 17.3 Å². The van der Waals surface area contributed by atoms with E-state index in [2.05, 4.69) is 49.9 Å². The van der Waals surface area contributed by atoms with Gasteiger partial charge in [-0.05, 0) is 107 Å². The highest BCUT2D eigenvalue weighted by Crippen LogP contribution is 2.48. The molecule has 1 aromatic carbocycles. The second kappa shape index (κ2) is 18.3. The summed E-state index contributed by atoms with van der Waals surface area (Å²) in [4.78, 5) is 55.7. The molecule has 6 rings (SSSR count). The molecule has 1 saturated carbocycles. The lowest BCUT2D eigenvalue weighted by Gasteiger charge is -2.55. The summed E-state index contributed by atoms with van der Waals surface area (Å²) < 4.78 is 30.5. The number of carbonyl (C=O) groups is 3. The van der Waals surface area contributed by atoms with Crippen LogP contribution in [-0.4, -0.2) is 127 Å². The van der Waals surface area contributed by atoms with Crippen molar-refractivity contribution in [2.45, 2.75) is 129 Å². The van der Waals surface area contributed by atoms with Crippen molar-refractivity contribution < 1.29 is 37.8 Å². The van der Waals surface area contributed by atoms with Crippen LogP contribution in [0.3, 0.4) is 0 Å². The standard InChI is InChI=1S/C41H65N4O8P/c1-6-52-54(5,49)29-37(46)45-36-28-43(33-19-21-42(27-33)20-11-13-23-51-38-16-10-12-22-50-38)39(47)34(26-41(2,3)4)44(36)40(48)35(53-45)25-32-24-31(32)18-17-30-14-8-7-9-15-30/h7-9,14-15,31-36,38H,6,10-13,16-29H2,1-5H3/t31-,32+,33+,34-,35+,36+,38?,54?/m0/s1. The van der Waals surface area contributed by atoms with E-state index in [1.807, 2.05) is 11.0 Å². The number of benzene rings is 1. The molecule has 0 radical (unpaired) electrons. The first-order valence-electron chi connectivity index (χ1n) is 20.6. The molecule has 8 atom stereocenters. The summed E-state index contributed by atoms with van der Waals surface area (Å²) in [7, 11) is -3.27. The molecular formula is C41H65N4O8P. The number of amides is 3. The minimum atomic E-state index is -3.27. The van der Waals surface area contributed by atoms with Crippen molar-refractivity contribution in [2.75, 3.05) is 58.8 Å². The topological polar surface area (TPSA) is 118 Å². The van der Waals surface area contributed by atoms with E-state index in [4.69, 9.17) is 18.8 Å². The first kappa shape index (κ1) is 41.3. The van der Waals surface area contributed by atoms with Gasteiger partial charge in [0.05, 0.1) is 13.2 Å². The number of aryl methyl sites for hydroxylation is 1. The van der Waals surface area contributed by atoms with Gasteiger partial charge in [0.15, 0.2) is 18.6 Å².